The molecule has 1 saturated carbocycles. The molecule has 19 heavy (non-hydrogen) atoms. The molecule has 3 heteroatoms. The van der Waals surface area contributed by atoms with Gasteiger partial charge in [0.15, 0.2) is 0 Å². The number of nitrogens with two attached hydrogens (primary N) is 1. The first-order valence-corrected chi connectivity index (χ1v) is 7.71. The van der Waals surface area contributed by atoms with Crippen molar-refractivity contribution in [1.29, 1.82) is 0 Å². The van der Waals surface area contributed by atoms with Crippen LogP contribution in [0.3, 0.4) is 0 Å². The Morgan fingerprint density at radius 1 is 1.21 bits per heavy atom. The second kappa shape index (κ2) is 6.74. The third-order valence-corrected chi connectivity index (χ3v) is 4.66. The van der Waals surface area contributed by atoms with E-state index in [1.165, 1.54) is 32.1 Å². The standard InChI is InChI=1S/C16H25ClN2/c1-12(18)16(14-10-6-7-11-15(14)17)19(2)13-8-4-3-5-9-13/h6-7,10-13,16H,3-5,8-9,18H2,1-2H3. The molecule has 1 fully saturated rings. The molecule has 106 valence electrons. The summed E-state index contributed by atoms with van der Waals surface area (Å²) in [6, 6.07) is 9.01. The number of halogens is 1. The summed E-state index contributed by atoms with van der Waals surface area (Å²) in [5, 5.41) is 0.826. The van der Waals surface area contributed by atoms with E-state index in [0.29, 0.717) is 6.04 Å². The Morgan fingerprint density at radius 3 is 2.42 bits per heavy atom. The SMILES string of the molecule is CC(N)C(c1ccccc1Cl)N(C)C1CCCCC1. The fourth-order valence-electron chi connectivity index (χ4n) is 3.30. The van der Waals surface area contributed by atoms with E-state index in [0.717, 1.165) is 10.6 Å². The van der Waals surface area contributed by atoms with Crippen LogP contribution < -0.4 is 5.73 Å². The highest BCUT2D eigenvalue weighted by Gasteiger charge is 2.29. The first-order chi connectivity index (χ1) is 9.11. The number of nitrogens with zero attached hydrogens (tertiary/aromatic N) is 1. The van der Waals surface area contributed by atoms with E-state index >= 15 is 0 Å². The molecule has 2 unspecified atom stereocenters. The molecule has 0 saturated heterocycles. The maximum atomic E-state index is 6.36. The summed E-state index contributed by atoms with van der Waals surface area (Å²) in [6.07, 6.45) is 6.61. The van der Waals surface area contributed by atoms with Crippen molar-refractivity contribution in [3.63, 3.8) is 0 Å². The van der Waals surface area contributed by atoms with E-state index in [2.05, 4.69) is 24.9 Å². The zero-order chi connectivity index (χ0) is 13.8. The van der Waals surface area contributed by atoms with Gasteiger partial charge in [-0.3, -0.25) is 4.90 Å². The normalized spacial score (nSPS) is 20.5. The number of likely N-dealkylation sites (N-methyl/N-ethyl adjacent to an activating group) is 1. The molecule has 0 aliphatic heterocycles. The Kier molecular flexibility index (Phi) is 5.26. The fraction of sp³-hybridized carbons (Fsp3) is 0.625. The van der Waals surface area contributed by atoms with Crippen LogP contribution in [0.5, 0.6) is 0 Å². The largest absolute Gasteiger partial charge is 0.326 e. The lowest BCUT2D eigenvalue weighted by molar-refractivity contribution is 0.123. The molecular formula is C16H25ClN2. The lowest BCUT2D eigenvalue weighted by Gasteiger charge is -2.39. The minimum atomic E-state index is 0.0758. The number of benzene rings is 1. The van der Waals surface area contributed by atoms with E-state index in [-0.39, 0.29) is 12.1 Å². The first-order valence-electron chi connectivity index (χ1n) is 7.33. The molecule has 0 radical (unpaired) electrons. The molecule has 1 aliphatic rings. The van der Waals surface area contributed by atoms with Crippen LogP contribution in [0.1, 0.15) is 50.6 Å². The van der Waals surface area contributed by atoms with Crippen molar-refractivity contribution in [1.82, 2.24) is 4.90 Å². The molecule has 1 aromatic rings. The van der Waals surface area contributed by atoms with Gasteiger partial charge >= 0.3 is 0 Å². The van der Waals surface area contributed by atoms with E-state index in [1.807, 2.05) is 18.2 Å². The maximum Gasteiger partial charge on any atom is 0.0511 e. The quantitative estimate of drug-likeness (QED) is 0.903. The van der Waals surface area contributed by atoms with Crippen LogP contribution in [0.4, 0.5) is 0 Å². The van der Waals surface area contributed by atoms with Crippen LogP contribution in [0.2, 0.25) is 5.02 Å². The fourth-order valence-corrected chi connectivity index (χ4v) is 3.55. The molecule has 2 rings (SSSR count). The van der Waals surface area contributed by atoms with E-state index in [4.69, 9.17) is 17.3 Å². The van der Waals surface area contributed by atoms with Crippen molar-refractivity contribution in [2.75, 3.05) is 7.05 Å². The summed E-state index contributed by atoms with van der Waals surface area (Å²) in [5.41, 5.74) is 7.40. The van der Waals surface area contributed by atoms with Crippen molar-refractivity contribution < 1.29 is 0 Å². The molecule has 1 aliphatic carbocycles. The zero-order valence-electron chi connectivity index (χ0n) is 12.0. The summed E-state index contributed by atoms with van der Waals surface area (Å²) in [6.45, 7) is 2.08. The van der Waals surface area contributed by atoms with Crippen LogP contribution in [0, 0.1) is 0 Å². The van der Waals surface area contributed by atoms with Gasteiger partial charge < -0.3 is 5.73 Å². The molecule has 0 bridgehead atoms. The van der Waals surface area contributed by atoms with E-state index in [9.17, 15) is 0 Å². The highest BCUT2D eigenvalue weighted by molar-refractivity contribution is 6.31. The third kappa shape index (κ3) is 3.50. The summed E-state index contributed by atoms with van der Waals surface area (Å²) in [4.78, 5) is 2.45. The van der Waals surface area contributed by atoms with E-state index < -0.39 is 0 Å². The Hall–Kier alpha value is -0.570. The average molecular weight is 281 g/mol. The molecule has 2 N–H and O–H groups in total. The van der Waals surface area contributed by atoms with Gasteiger partial charge in [0, 0.05) is 17.1 Å². The Morgan fingerprint density at radius 2 is 1.84 bits per heavy atom. The van der Waals surface area contributed by atoms with Gasteiger partial charge in [0.1, 0.15) is 0 Å². The van der Waals surface area contributed by atoms with Gasteiger partial charge in [-0.2, -0.15) is 0 Å². The predicted octanol–water partition coefficient (Wildman–Crippen LogP) is 3.99. The van der Waals surface area contributed by atoms with Gasteiger partial charge in [0.05, 0.1) is 6.04 Å². The first kappa shape index (κ1) is 14.8. The molecule has 0 spiro atoms. The monoisotopic (exact) mass is 280 g/mol. The minimum absolute atomic E-state index is 0.0758. The average Bonchev–Trinajstić information content (AvgIpc) is 2.42. The predicted molar refractivity (Wildman–Crippen MR) is 82.5 cm³/mol. The summed E-state index contributed by atoms with van der Waals surface area (Å²) >= 11 is 6.36. The van der Waals surface area contributed by atoms with Crippen LogP contribution in [-0.2, 0) is 0 Å². The number of rotatable bonds is 4. The number of hydrogen-bond donors (Lipinski definition) is 1. The number of hydrogen-bond acceptors (Lipinski definition) is 2. The van der Waals surface area contributed by atoms with Crippen molar-refractivity contribution in [2.45, 2.75) is 57.2 Å². The second-order valence-corrected chi connectivity index (χ2v) is 6.19. The van der Waals surface area contributed by atoms with Crippen LogP contribution in [-0.4, -0.2) is 24.0 Å². The molecule has 2 nitrogen and oxygen atoms in total. The van der Waals surface area contributed by atoms with Crippen molar-refractivity contribution in [3.05, 3.63) is 34.9 Å². The smallest absolute Gasteiger partial charge is 0.0511 e. The topological polar surface area (TPSA) is 29.3 Å². The highest BCUT2D eigenvalue weighted by Crippen LogP contribution is 2.33. The van der Waals surface area contributed by atoms with Gasteiger partial charge in [0.25, 0.3) is 0 Å². The maximum absolute atomic E-state index is 6.36. The molecule has 1 aromatic carbocycles. The van der Waals surface area contributed by atoms with Crippen LogP contribution >= 0.6 is 11.6 Å². The lowest BCUT2D eigenvalue weighted by atomic mass is 9.90. The van der Waals surface area contributed by atoms with E-state index in [1.54, 1.807) is 0 Å². The Bertz CT molecular complexity index is 399. The molecule has 0 aromatic heterocycles. The zero-order valence-corrected chi connectivity index (χ0v) is 12.7. The van der Waals surface area contributed by atoms with Gasteiger partial charge in [0.2, 0.25) is 0 Å². The summed E-state index contributed by atoms with van der Waals surface area (Å²) in [7, 11) is 2.20. The van der Waals surface area contributed by atoms with Gasteiger partial charge in [-0.05, 0) is 38.4 Å². The Labute approximate surface area is 121 Å². The van der Waals surface area contributed by atoms with Crippen LogP contribution in [0.25, 0.3) is 0 Å². The van der Waals surface area contributed by atoms with Gasteiger partial charge in [-0.15, -0.1) is 0 Å². The highest BCUT2D eigenvalue weighted by atomic mass is 35.5. The van der Waals surface area contributed by atoms with Gasteiger partial charge in [-0.25, -0.2) is 0 Å². The minimum Gasteiger partial charge on any atom is -0.326 e. The summed E-state index contributed by atoms with van der Waals surface area (Å²) in [5.74, 6) is 0. The molecular weight excluding hydrogens is 256 g/mol. The summed E-state index contributed by atoms with van der Waals surface area (Å²) < 4.78 is 0. The molecule has 0 amide bonds. The lowest BCUT2D eigenvalue weighted by Crippen LogP contribution is -2.43. The molecule has 0 heterocycles. The van der Waals surface area contributed by atoms with Crippen molar-refractivity contribution in [3.8, 4) is 0 Å². The van der Waals surface area contributed by atoms with Gasteiger partial charge in [-0.1, -0.05) is 49.1 Å². The second-order valence-electron chi connectivity index (χ2n) is 5.78. The Balaban J connectivity index is 2.22. The van der Waals surface area contributed by atoms with Crippen molar-refractivity contribution in [2.24, 2.45) is 5.73 Å². The van der Waals surface area contributed by atoms with Crippen molar-refractivity contribution >= 4 is 11.6 Å². The molecule has 2 atom stereocenters. The van der Waals surface area contributed by atoms with Crippen LogP contribution in [0.15, 0.2) is 24.3 Å². The third-order valence-electron chi connectivity index (χ3n) is 4.31.